The van der Waals surface area contributed by atoms with Crippen LogP contribution in [0.4, 0.5) is 0 Å². The third-order valence-corrected chi connectivity index (χ3v) is 9.64. The van der Waals surface area contributed by atoms with Crippen molar-refractivity contribution in [2.45, 2.75) is 58.4 Å². The predicted octanol–water partition coefficient (Wildman–Crippen LogP) is 6.33. The van der Waals surface area contributed by atoms with Gasteiger partial charge in [-0.05, 0) is 30.6 Å². The molecule has 1 unspecified atom stereocenters. The predicted molar refractivity (Wildman–Crippen MR) is 108 cm³/mol. The summed E-state index contributed by atoms with van der Waals surface area (Å²) in [5, 5.41) is 0.103. The summed E-state index contributed by atoms with van der Waals surface area (Å²) in [6.07, 6.45) is 0.175. The first-order valence-corrected chi connectivity index (χ1v) is 11.8. The number of ketones is 1. The second-order valence-electron chi connectivity index (χ2n) is 8.27. The van der Waals surface area contributed by atoms with Crippen LogP contribution in [0.5, 0.6) is 0 Å². The standard InChI is InChI=1S/C22H30O2Si/c1-17-12-14-19(15-13-17)21(24-25(5,6)22(2,3)4)16-20(23)18-10-8-7-9-11-18/h7-15,21H,16H2,1-6H3. The fourth-order valence-corrected chi connectivity index (χ4v) is 3.74. The maximum Gasteiger partial charge on any atom is 0.192 e. The molecule has 3 heteroatoms. The van der Waals surface area contributed by atoms with Gasteiger partial charge in [0.15, 0.2) is 14.1 Å². The Bertz CT molecular complexity index is 697. The number of Topliss-reactive ketones (excluding diaryl/α,β-unsaturated/α-hetero) is 1. The molecule has 1 atom stereocenters. The Balaban J connectivity index is 2.29. The summed E-state index contributed by atoms with van der Waals surface area (Å²) in [5.41, 5.74) is 3.04. The molecule has 0 aliphatic carbocycles. The summed E-state index contributed by atoms with van der Waals surface area (Å²) >= 11 is 0. The van der Waals surface area contributed by atoms with Crippen molar-refractivity contribution in [2.75, 3.05) is 0 Å². The molecule has 0 amide bonds. The van der Waals surface area contributed by atoms with Gasteiger partial charge >= 0.3 is 0 Å². The van der Waals surface area contributed by atoms with Crippen molar-refractivity contribution in [3.63, 3.8) is 0 Å². The molecule has 0 spiro atoms. The molecule has 0 saturated carbocycles. The normalized spacial score (nSPS) is 13.5. The molecule has 0 radical (unpaired) electrons. The molecule has 0 saturated heterocycles. The summed E-state index contributed by atoms with van der Waals surface area (Å²) in [7, 11) is -1.98. The highest BCUT2D eigenvalue weighted by atomic mass is 28.4. The zero-order valence-electron chi connectivity index (χ0n) is 16.3. The summed E-state index contributed by atoms with van der Waals surface area (Å²) in [6, 6.07) is 17.8. The van der Waals surface area contributed by atoms with Gasteiger partial charge in [0.25, 0.3) is 0 Å². The van der Waals surface area contributed by atoms with E-state index in [1.54, 1.807) is 0 Å². The summed E-state index contributed by atoms with van der Waals surface area (Å²) in [6.45, 7) is 13.2. The van der Waals surface area contributed by atoms with Crippen LogP contribution in [0.15, 0.2) is 54.6 Å². The molecule has 0 fully saturated rings. The third-order valence-electron chi connectivity index (χ3n) is 5.16. The van der Waals surface area contributed by atoms with Crippen LogP contribution < -0.4 is 0 Å². The van der Waals surface area contributed by atoms with Crippen LogP contribution in [0.25, 0.3) is 0 Å². The Hall–Kier alpha value is -1.71. The van der Waals surface area contributed by atoms with Gasteiger partial charge in [-0.3, -0.25) is 4.79 Å². The molecule has 2 nitrogen and oxygen atoms in total. The smallest absolute Gasteiger partial charge is 0.192 e. The lowest BCUT2D eigenvalue weighted by Crippen LogP contribution is -2.42. The molecule has 2 aromatic rings. The highest BCUT2D eigenvalue weighted by molar-refractivity contribution is 6.74. The van der Waals surface area contributed by atoms with Gasteiger partial charge in [0.2, 0.25) is 0 Å². The minimum Gasteiger partial charge on any atom is -0.409 e. The largest absolute Gasteiger partial charge is 0.409 e. The number of benzene rings is 2. The van der Waals surface area contributed by atoms with E-state index in [1.807, 2.05) is 30.3 Å². The molecule has 0 N–H and O–H groups in total. The van der Waals surface area contributed by atoms with Crippen molar-refractivity contribution >= 4 is 14.1 Å². The quantitative estimate of drug-likeness (QED) is 0.447. The van der Waals surface area contributed by atoms with Crippen LogP contribution in [-0.2, 0) is 4.43 Å². The summed E-state index contributed by atoms with van der Waals surface area (Å²) in [5.74, 6) is 0.130. The Kier molecular flexibility index (Phi) is 6.02. The third kappa shape index (κ3) is 5.13. The molecular weight excluding hydrogens is 324 g/mol. The molecule has 0 aromatic heterocycles. The van der Waals surface area contributed by atoms with Crippen molar-refractivity contribution in [1.82, 2.24) is 0 Å². The van der Waals surface area contributed by atoms with Gasteiger partial charge < -0.3 is 4.43 Å². The van der Waals surface area contributed by atoms with E-state index in [4.69, 9.17) is 4.43 Å². The van der Waals surface area contributed by atoms with Crippen molar-refractivity contribution in [3.8, 4) is 0 Å². The number of carbonyl (C=O) groups is 1. The second-order valence-corrected chi connectivity index (χ2v) is 13.0. The molecule has 0 heterocycles. The first kappa shape index (κ1) is 19.6. The molecular formula is C22H30O2Si. The van der Waals surface area contributed by atoms with Crippen LogP contribution in [0.3, 0.4) is 0 Å². The first-order chi connectivity index (χ1) is 11.6. The van der Waals surface area contributed by atoms with Crippen LogP contribution >= 0.6 is 0 Å². The zero-order chi connectivity index (χ0) is 18.7. The maximum atomic E-state index is 12.8. The zero-order valence-corrected chi connectivity index (χ0v) is 17.3. The van der Waals surface area contributed by atoms with Crippen molar-refractivity contribution in [3.05, 3.63) is 71.3 Å². The molecule has 25 heavy (non-hydrogen) atoms. The molecule has 0 aliphatic heterocycles. The highest BCUT2D eigenvalue weighted by Gasteiger charge is 2.39. The topological polar surface area (TPSA) is 26.3 Å². The van der Waals surface area contributed by atoms with Crippen molar-refractivity contribution in [1.29, 1.82) is 0 Å². The summed E-state index contributed by atoms with van der Waals surface area (Å²) in [4.78, 5) is 12.8. The van der Waals surface area contributed by atoms with Crippen LogP contribution in [0.2, 0.25) is 18.1 Å². The van der Waals surface area contributed by atoms with Crippen LogP contribution in [-0.4, -0.2) is 14.1 Å². The van der Waals surface area contributed by atoms with Gasteiger partial charge in [-0.15, -0.1) is 0 Å². The van der Waals surface area contributed by atoms with Gasteiger partial charge in [-0.25, -0.2) is 0 Å². The minimum absolute atomic E-state index is 0.103. The van der Waals surface area contributed by atoms with E-state index in [1.165, 1.54) is 5.56 Å². The van der Waals surface area contributed by atoms with Gasteiger partial charge in [-0.1, -0.05) is 80.9 Å². The molecule has 0 bridgehead atoms. The fourth-order valence-electron chi connectivity index (χ4n) is 2.45. The number of hydrogen-bond acceptors (Lipinski definition) is 2. The fraction of sp³-hybridized carbons (Fsp3) is 0.409. The minimum atomic E-state index is -1.98. The molecule has 0 aliphatic rings. The molecule has 134 valence electrons. The number of carbonyl (C=O) groups excluding carboxylic acids is 1. The van der Waals surface area contributed by atoms with Crippen LogP contribution in [0, 0.1) is 6.92 Å². The Morgan fingerprint density at radius 1 is 1.00 bits per heavy atom. The van der Waals surface area contributed by atoms with Crippen LogP contribution in [0.1, 0.15) is 54.8 Å². The van der Waals surface area contributed by atoms with E-state index >= 15 is 0 Å². The number of rotatable bonds is 6. The van der Waals surface area contributed by atoms with Gasteiger partial charge in [0.05, 0.1) is 6.10 Å². The maximum absolute atomic E-state index is 12.8. The monoisotopic (exact) mass is 354 g/mol. The molecule has 2 rings (SSSR count). The lowest BCUT2D eigenvalue weighted by atomic mass is 9.99. The van der Waals surface area contributed by atoms with E-state index in [2.05, 4.69) is 65.1 Å². The highest BCUT2D eigenvalue weighted by Crippen LogP contribution is 2.40. The van der Waals surface area contributed by atoms with E-state index in [0.29, 0.717) is 6.42 Å². The van der Waals surface area contributed by atoms with Crippen molar-refractivity contribution < 1.29 is 9.22 Å². The SMILES string of the molecule is Cc1ccc(C(CC(=O)c2ccccc2)O[Si](C)(C)C(C)(C)C)cc1. The average molecular weight is 355 g/mol. The van der Waals surface area contributed by atoms with E-state index in [0.717, 1.165) is 11.1 Å². The molecule has 2 aromatic carbocycles. The van der Waals surface area contributed by atoms with Gasteiger partial charge in [-0.2, -0.15) is 0 Å². The first-order valence-electron chi connectivity index (χ1n) is 8.93. The second kappa shape index (κ2) is 7.67. The lowest BCUT2D eigenvalue weighted by Gasteiger charge is -2.39. The number of hydrogen-bond donors (Lipinski definition) is 0. The van der Waals surface area contributed by atoms with Gasteiger partial charge in [0.1, 0.15) is 0 Å². The Morgan fingerprint density at radius 2 is 1.56 bits per heavy atom. The summed E-state index contributed by atoms with van der Waals surface area (Å²) < 4.78 is 6.64. The number of aryl methyl sites for hydroxylation is 1. The van der Waals surface area contributed by atoms with Gasteiger partial charge in [0, 0.05) is 12.0 Å². The van der Waals surface area contributed by atoms with E-state index < -0.39 is 8.32 Å². The van der Waals surface area contributed by atoms with E-state index in [9.17, 15) is 4.79 Å². The lowest BCUT2D eigenvalue weighted by molar-refractivity contribution is 0.0891. The Labute approximate surface area is 153 Å². The Morgan fingerprint density at radius 3 is 2.08 bits per heavy atom. The average Bonchev–Trinajstić information content (AvgIpc) is 2.54. The van der Waals surface area contributed by atoms with E-state index in [-0.39, 0.29) is 16.9 Å². The van der Waals surface area contributed by atoms with Crippen molar-refractivity contribution in [2.24, 2.45) is 0 Å².